The summed E-state index contributed by atoms with van der Waals surface area (Å²) in [6.45, 7) is 1.34. The number of ether oxygens (including phenoxy) is 1. The fraction of sp³-hybridized carbons (Fsp3) is 0.143. The molecule has 7 heteroatoms. The zero-order valence-corrected chi connectivity index (χ0v) is 12.6. The number of aliphatic hydroxyl groups is 1. The molecule has 0 saturated carbocycles. The van der Waals surface area contributed by atoms with Gasteiger partial charge in [-0.3, -0.25) is 10.1 Å². The van der Waals surface area contributed by atoms with Crippen LogP contribution in [-0.2, 0) is 6.61 Å². The first kappa shape index (κ1) is 15.4. The Kier molecular flexibility index (Phi) is 4.54. The first-order chi connectivity index (χ1) is 9.92. The summed E-state index contributed by atoms with van der Waals surface area (Å²) in [7, 11) is 0. The molecule has 2 rings (SSSR count). The van der Waals surface area contributed by atoms with Crippen LogP contribution >= 0.6 is 15.9 Å². The van der Waals surface area contributed by atoms with Crippen molar-refractivity contribution >= 4 is 21.6 Å². The molecule has 0 aliphatic heterocycles. The molecule has 21 heavy (non-hydrogen) atoms. The molecule has 0 bridgehead atoms. The molecule has 0 aromatic heterocycles. The minimum absolute atomic E-state index is 0.0150. The summed E-state index contributed by atoms with van der Waals surface area (Å²) in [5, 5.41) is 20.0. The van der Waals surface area contributed by atoms with Gasteiger partial charge in [-0.25, -0.2) is 4.39 Å². The lowest BCUT2D eigenvalue weighted by atomic mass is 10.2. The molecule has 0 atom stereocenters. The van der Waals surface area contributed by atoms with Crippen molar-refractivity contribution in [3.63, 3.8) is 0 Å². The van der Waals surface area contributed by atoms with E-state index in [0.717, 1.165) is 6.07 Å². The van der Waals surface area contributed by atoms with Crippen molar-refractivity contribution in [3.8, 4) is 11.5 Å². The number of nitro groups is 1. The normalized spacial score (nSPS) is 10.5. The molecular formula is C14H11BrFNO4. The zero-order valence-electron chi connectivity index (χ0n) is 11.0. The molecule has 0 saturated heterocycles. The Morgan fingerprint density at radius 3 is 2.67 bits per heavy atom. The summed E-state index contributed by atoms with van der Waals surface area (Å²) < 4.78 is 19.8. The SMILES string of the molecule is Cc1cc(Br)cc([N+](=O)[O-])c1Oc1ccc(CO)cc1F. The van der Waals surface area contributed by atoms with Gasteiger partial charge in [0.25, 0.3) is 0 Å². The summed E-state index contributed by atoms with van der Waals surface area (Å²) in [6, 6.07) is 6.87. The topological polar surface area (TPSA) is 72.6 Å². The van der Waals surface area contributed by atoms with E-state index in [9.17, 15) is 14.5 Å². The second kappa shape index (κ2) is 6.19. The molecule has 0 unspecified atom stereocenters. The van der Waals surface area contributed by atoms with Gasteiger partial charge in [0.2, 0.25) is 5.75 Å². The fourth-order valence-corrected chi connectivity index (χ4v) is 2.38. The fourth-order valence-electron chi connectivity index (χ4n) is 1.82. The van der Waals surface area contributed by atoms with Gasteiger partial charge in [0.05, 0.1) is 11.5 Å². The standard InChI is InChI=1S/C14H11BrFNO4/c1-8-4-10(15)6-12(17(19)20)14(8)21-13-3-2-9(7-18)5-11(13)16/h2-6,18H,7H2,1H3. The molecule has 0 aliphatic rings. The molecule has 110 valence electrons. The Hall–Kier alpha value is -1.99. The third kappa shape index (κ3) is 3.37. The maximum atomic E-state index is 13.9. The van der Waals surface area contributed by atoms with E-state index in [4.69, 9.17) is 9.84 Å². The number of hydrogen-bond acceptors (Lipinski definition) is 4. The lowest BCUT2D eigenvalue weighted by molar-refractivity contribution is -0.385. The average molecular weight is 356 g/mol. The Balaban J connectivity index is 2.46. The van der Waals surface area contributed by atoms with E-state index < -0.39 is 10.7 Å². The molecule has 1 N–H and O–H groups in total. The number of nitrogens with zero attached hydrogens (tertiary/aromatic N) is 1. The number of hydrogen-bond donors (Lipinski definition) is 1. The van der Waals surface area contributed by atoms with Gasteiger partial charge in [0.15, 0.2) is 11.6 Å². The number of rotatable bonds is 4. The van der Waals surface area contributed by atoms with Crippen molar-refractivity contribution in [1.82, 2.24) is 0 Å². The van der Waals surface area contributed by atoms with E-state index in [2.05, 4.69) is 15.9 Å². The number of aliphatic hydroxyl groups excluding tert-OH is 1. The number of aryl methyl sites for hydroxylation is 1. The molecule has 2 aromatic rings. The molecular weight excluding hydrogens is 345 g/mol. The van der Waals surface area contributed by atoms with Crippen LogP contribution < -0.4 is 4.74 Å². The van der Waals surface area contributed by atoms with E-state index in [-0.39, 0.29) is 23.8 Å². The summed E-state index contributed by atoms with van der Waals surface area (Å²) >= 11 is 3.17. The zero-order chi connectivity index (χ0) is 15.6. The summed E-state index contributed by atoms with van der Waals surface area (Å²) in [6.07, 6.45) is 0. The van der Waals surface area contributed by atoms with Crippen LogP contribution in [0.2, 0.25) is 0 Å². The van der Waals surface area contributed by atoms with Crippen molar-refractivity contribution in [2.45, 2.75) is 13.5 Å². The number of halogens is 2. The second-order valence-corrected chi connectivity index (χ2v) is 5.27. The van der Waals surface area contributed by atoms with Gasteiger partial charge in [-0.2, -0.15) is 0 Å². The van der Waals surface area contributed by atoms with Crippen LogP contribution in [0.15, 0.2) is 34.8 Å². The van der Waals surface area contributed by atoms with Gasteiger partial charge in [-0.1, -0.05) is 22.0 Å². The maximum absolute atomic E-state index is 13.9. The Morgan fingerprint density at radius 2 is 2.10 bits per heavy atom. The highest BCUT2D eigenvalue weighted by molar-refractivity contribution is 9.10. The van der Waals surface area contributed by atoms with Crippen molar-refractivity contribution in [2.75, 3.05) is 0 Å². The smallest absolute Gasteiger partial charge is 0.312 e. The van der Waals surface area contributed by atoms with E-state index >= 15 is 0 Å². The van der Waals surface area contributed by atoms with Crippen LogP contribution in [0, 0.1) is 22.9 Å². The van der Waals surface area contributed by atoms with E-state index in [0.29, 0.717) is 15.6 Å². The number of benzene rings is 2. The predicted octanol–water partition coefficient (Wildman–Crippen LogP) is 4.09. The highest BCUT2D eigenvalue weighted by atomic mass is 79.9. The number of nitro benzene ring substituents is 1. The third-order valence-corrected chi connectivity index (χ3v) is 3.27. The van der Waals surface area contributed by atoms with Crippen LogP contribution in [0.25, 0.3) is 0 Å². The second-order valence-electron chi connectivity index (χ2n) is 4.35. The van der Waals surface area contributed by atoms with Crippen molar-refractivity contribution in [1.29, 1.82) is 0 Å². The largest absolute Gasteiger partial charge is 0.447 e. The van der Waals surface area contributed by atoms with E-state index in [1.54, 1.807) is 13.0 Å². The Morgan fingerprint density at radius 1 is 1.38 bits per heavy atom. The Labute approximate surface area is 128 Å². The average Bonchev–Trinajstić information content (AvgIpc) is 2.42. The van der Waals surface area contributed by atoms with Gasteiger partial charge in [-0.05, 0) is 36.2 Å². The third-order valence-electron chi connectivity index (χ3n) is 2.81. The molecule has 5 nitrogen and oxygen atoms in total. The van der Waals surface area contributed by atoms with Crippen LogP contribution in [0.1, 0.15) is 11.1 Å². The molecule has 0 radical (unpaired) electrons. The van der Waals surface area contributed by atoms with Crippen molar-refractivity contribution in [2.24, 2.45) is 0 Å². The molecule has 0 heterocycles. The van der Waals surface area contributed by atoms with Crippen molar-refractivity contribution < 1.29 is 19.2 Å². The van der Waals surface area contributed by atoms with Crippen LogP contribution in [-0.4, -0.2) is 10.0 Å². The van der Waals surface area contributed by atoms with Gasteiger partial charge >= 0.3 is 5.69 Å². The lowest BCUT2D eigenvalue weighted by Crippen LogP contribution is -1.98. The monoisotopic (exact) mass is 355 g/mol. The summed E-state index contributed by atoms with van der Waals surface area (Å²) in [5.74, 6) is -0.849. The molecule has 2 aromatic carbocycles. The van der Waals surface area contributed by atoms with Crippen molar-refractivity contribution in [3.05, 3.63) is 61.9 Å². The minimum atomic E-state index is -0.696. The minimum Gasteiger partial charge on any atom is -0.447 e. The Bertz CT molecular complexity index is 706. The van der Waals surface area contributed by atoms with Gasteiger partial charge < -0.3 is 9.84 Å². The van der Waals surface area contributed by atoms with Gasteiger partial charge in [0.1, 0.15) is 0 Å². The van der Waals surface area contributed by atoms with Gasteiger partial charge in [-0.15, -0.1) is 0 Å². The maximum Gasteiger partial charge on any atom is 0.312 e. The summed E-state index contributed by atoms with van der Waals surface area (Å²) in [5.41, 5.74) is 0.635. The van der Waals surface area contributed by atoms with E-state index in [1.165, 1.54) is 18.2 Å². The molecule has 0 amide bonds. The molecule has 0 aliphatic carbocycles. The highest BCUT2D eigenvalue weighted by Gasteiger charge is 2.21. The molecule has 0 fully saturated rings. The highest BCUT2D eigenvalue weighted by Crippen LogP contribution is 2.38. The predicted molar refractivity (Wildman–Crippen MR) is 77.9 cm³/mol. The van der Waals surface area contributed by atoms with Crippen LogP contribution in [0.4, 0.5) is 10.1 Å². The molecule has 0 spiro atoms. The first-order valence-electron chi connectivity index (χ1n) is 5.94. The van der Waals surface area contributed by atoms with Crippen LogP contribution in [0.3, 0.4) is 0 Å². The first-order valence-corrected chi connectivity index (χ1v) is 6.73. The summed E-state index contributed by atoms with van der Waals surface area (Å²) in [4.78, 5) is 10.5. The van der Waals surface area contributed by atoms with Gasteiger partial charge in [0, 0.05) is 10.5 Å². The van der Waals surface area contributed by atoms with E-state index in [1.807, 2.05) is 0 Å². The van der Waals surface area contributed by atoms with Crippen LogP contribution in [0.5, 0.6) is 11.5 Å². The quantitative estimate of drug-likeness (QED) is 0.662. The lowest BCUT2D eigenvalue weighted by Gasteiger charge is -2.11.